The quantitative estimate of drug-likeness (QED) is 0.596. The van der Waals surface area contributed by atoms with E-state index in [1.807, 2.05) is 6.07 Å². The summed E-state index contributed by atoms with van der Waals surface area (Å²) in [6.45, 7) is 0. The number of methoxy groups -OCH3 is 2. The molecule has 0 spiro atoms. The van der Waals surface area contributed by atoms with Crippen molar-refractivity contribution < 1.29 is 23.8 Å². The van der Waals surface area contributed by atoms with Crippen LogP contribution in [0.1, 0.15) is 5.56 Å². The Balaban J connectivity index is 2.18. The Hall–Kier alpha value is -3.48. The molecular weight excluding hydrogens is 348 g/mol. The largest absolute Gasteiger partial charge is 0.495 e. The van der Waals surface area contributed by atoms with Crippen LogP contribution in [0.4, 0.5) is 11.4 Å². The lowest BCUT2D eigenvalue weighted by atomic mass is 9.83. The molecule has 0 unspecified atom stereocenters. The fourth-order valence-electron chi connectivity index (χ4n) is 3.08. The molecule has 0 fully saturated rings. The summed E-state index contributed by atoms with van der Waals surface area (Å²) >= 11 is 0. The highest BCUT2D eigenvalue weighted by molar-refractivity contribution is 5.92. The Morgan fingerprint density at radius 1 is 1.19 bits per heavy atom. The molecule has 2 aromatic rings. The van der Waals surface area contributed by atoms with Crippen molar-refractivity contribution in [3.63, 3.8) is 0 Å². The molecule has 1 aliphatic heterocycles. The summed E-state index contributed by atoms with van der Waals surface area (Å²) in [5.74, 6) is -0.709. The van der Waals surface area contributed by atoms with Gasteiger partial charge in [0.1, 0.15) is 5.75 Å². The highest BCUT2D eigenvalue weighted by atomic mass is 16.6. The number of nitrogens with one attached hydrogen (secondary N) is 1. The van der Waals surface area contributed by atoms with Crippen molar-refractivity contribution in [3.8, 4) is 5.75 Å². The molecule has 0 saturated heterocycles. The molecule has 3 rings (SSSR count). The first kappa shape index (κ1) is 18.3. The van der Waals surface area contributed by atoms with E-state index < -0.39 is 23.6 Å². The van der Waals surface area contributed by atoms with Crippen molar-refractivity contribution in [2.24, 2.45) is 0 Å². The summed E-state index contributed by atoms with van der Waals surface area (Å²) in [4.78, 5) is 24.8. The fourth-order valence-corrected chi connectivity index (χ4v) is 3.08. The molecule has 0 aliphatic carbocycles. The van der Waals surface area contributed by atoms with Gasteiger partial charge in [0, 0.05) is 17.8 Å². The second-order valence-electron chi connectivity index (χ2n) is 5.97. The Morgan fingerprint density at radius 2 is 1.93 bits per heavy atom. The van der Waals surface area contributed by atoms with Crippen LogP contribution in [0, 0.1) is 0 Å². The summed E-state index contributed by atoms with van der Waals surface area (Å²) < 4.78 is 15.9. The van der Waals surface area contributed by atoms with Crippen LogP contribution in [-0.2, 0) is 24.6 Å². The monoisotopic (exact) mass is 368 g/mol. The molecule has 3 N–H and O–H groups in total. The lowest BCUT2D eigenvalue weighted by Crippen LogP contribution is -2.53. The second-order valence-corrected chi connectivity index (χ2v) is 5.97. The van der Waals surface area contributed by atoms with E-state index in [0.717, 1.165) is 0 Å². The van der Waals surface area contributed by atoms with Crippen molar-refractivity contribution in [3.05, 3.63) is 66.2 Å². The number of nitrogens with two attached hydrogens (primary N) is 1. The minimum absolute atomic E-state index is 0.438. The minimum atomic E-state index is -1.51. The molecule has 1 heterocycles. The van der Waals surface area contributed by atoms with Crippen LogP contribution >= 0.6 is 0 Å². The van der Waals surface area contributed by atoms with E-state index in [1.54, 1.807) is 42.5 Å². The van der Waals surface area contributed by atoms with Gasteiger partial charge in [-0.05, 0) is 23.8 Å². The number of hydrogen-bond donors (Lipinski definition) is 2. The Kier molecular flexibility index (Phi) is 5.03. The first-order valence-electron chi connectivity index (χ1n) is 8.25. The number of anilines is 2. The Bertz CT molecular complexity index is 881. The van der Waals surface area contributed by atoms with Crippen molar-refractivity contribution in [2.45, 2.75) is 11.6 Å². The van der Waals surface area contributed by atoms with Crippen molar-refractivity contribution >= 4 is 23.3 Å². The maximum atomic E-state index is 13.0. The number of benzene rings is 2. The maximum Gasteiger partial charge on any atom is 0.340 e. The standard InChI is InChI=1S/C20H20N2O5/c1-25-16-12-14(21)8-9-15(16)22-20(19(24)26-2,13-6-4-3-5-7-13)17-10-11-18(23)27-17/h3-12,17,22H,21H2,1-2H3/t17-,20+/m1/s1. The Labute approximate surface area is 156 Å². The molecule has 0 amide bonds. The van der Waals surface area contributed by atoms with Gasteiger partial charge < -0.3 is 25.3 Å². The molecular formula is C20H20N2O5. The first-order chi connectivity index (χ1) is 13.0. The fraction of sp³-hybridized carbons (Fsp3) is 0.200. The van der Waals surface area contributed by atoms with Gasteiger partial charge in [0.25, 0.3) is 0 Å². The van der Waals surface area contributed by atoms with Gasteiger partial charge in [0.05, 0.1) is 19.9 Å². The van der Waals surface area contributed by atoms with E-state index in [1.165, 1.54) is 26.4 Å². The van der Waals surface area contributed by atoms with Crippen LogP contribution in [0.2, 0.25) is 0 Å². The van der Waals surface area contributed by atoms with E-state index >= 15 is 0 Å². The molecule has 1 aliphatic rings. The zero-order valence-corrected chi connectivity index (χ0v) is 15.0. The van der Waals surface area contributed by atoms with Crippen LogP contribution in [0.3, 0.4) is 0 Å². The number of carbonyl (C=O) groups is 2. The summed E-state index contributed by atoms with van der Waals surface area (Å²) in [5.41, 5.74) is 5.89. The topological polar surface area (TPSA) is 99.9 Å². The summed E-state index contributed by atoms with van der Waals surface area (Å²) in [6.07, 6.45) is 1.90. The van der Waals surface area contributed by atoms with Gasteiger partial charge in [-0.3, -0.25) is 0 Å². The van der Waals surface area contributed by atoms with Crippen LogP contribution < -0.4 is 15.8 Å². The summed E-state index contributed by atoms with van der Waals surface area (Å²) in [5, 5.41) is 3.19. The Morgan fingerprint density at radius 3 is 2.52 bits per heavy atom. The predicted octanol–water partition coefficient (Wildman–Crippen LogP) is 2.24. The molecule has 7 nitrogen and oxygen atoms in total. The normalized spacial score (nSPS) is 17.7. The number of carbonyl (C=O) groups excluding carboxylic acids is 2. The summed E-state index contributed by atoms with van der Waals surface area (Å²) in [6, 6.07) is 13.9. The zero-order chi connectivity index (χ0) is 19.4. The van der Waals surface area contributed by atoms with Crippen molar-refractivity contribution in [2.75, 3.05) is 25.3 Å². The van der Waals surface area contributed by atoms with Gasteiger partial charge in [-0.25, -0.2) is 9.59 Å². The molecule has 2 aromatic carbocycles. The lowest BCUT2D eigenvalue weighted by molar-refractivity contribution is -0.154. The number of esters is 2. The summed E-state index contributed by atoms with van der Waals surface area (Å²) in [7, 11) is 2.78. The average Bonchev–Trinajstić information content (AvgIpc) is 3.13. The smallest absolute Gasteiger partial charge is 0.340 e. The number of cyclic esters (lactones) is 1. The molecule has 27 heavy (non-hydrogen) atoms. The first-order valence-corrected chi connectivity index (χ1v) is 8.25. The van der Waals surface area contributed by atoms with Crippen molar-refractivity contribution in [1.29, 1.82) is 0 Å². The number of hydrogen-bond acceptors (Lipinski definition) is 7. The van der Waals surface area contributed by atoms with Crippen LogP contribution in [-0.4, -0.2) is 32.3 Å². The van der Waals surface area contributed by atoms with Crippen LogP contribution in [0.5, 0.6) is 5.75 Å². The highest BCUT2D eigenvalue weighted by Gasteiger charge is 2.51. The van der Waals surface area contributed by atoms with Gasteiger partial charge in [0.15, 0.2) is 6.10 Å². The average molecular weight is 368 g/mol. The van der Waals surface area contributed by atoms with Gasteiger partial charge in [-0.1, -0.05) is 30.3 Å². The van der Waals surface area contributed by atoms with E-state index in [-0.39, 0.29) is 0 Å². The molecule has 2 atom stereocenters. The second kappa shape index (κ2) is 7.41. The molecule has 140 valence electrons. The van der Waals surface area contributed by atoms with Gasteiger partial charge in [-0.2, -0.15) is 0 Å². The van der Waals surface area contributed by atoms with E-state index in [9.17, 15) is 9.59 Å². The third kappa shape index (κ3) is 3.31. The molecule has 7 heteroatoms. The number of nitrogen functional groups attached to an aromatic ring is 1. The molecule has 0 bridgehead atoms. The SMILES string of the molecule is COC(=O)[C@](Nc1ccc(N)cc1OC)(c1ccccc1)[C@H]1C=CC(=O)O1. The van der Waals surface area contributed by atoms with Crippen LogP contribution in [0.25, 0.3) is 0 Å². The number of ether oxygens (including phenoxy) is 3. The predicted molar refractivity (Wildman–Crippen MR) is 100 cm³/mol. The third-order valence-electron chi connectivity index (χ3n) is 4.37. The van der Waals surface area contributed by atoms with E-state index in [4.69, 9.17) is 19.9 Å². The third-order valence-corrected chi connectivity index (χ3v) is 4.37. The van der Waals surface area contributed by atoms with Crippen molar-refractivity contribution in [1.82, 2.24) is 0 Å². The highest BCUT2D eigenvalue weighted by Crippen LogP contribution is 2.39. The van der Waals surface area contributed by atoms with Gasteiger partial charge >= 0.3 is 11.9 Å². The maximum absolute atomic E-state index is 13.0. The zero-order valence-electron chi connectivity index (χ0n) is 15.0. The van der Waals surface area contributed by atoms with Crippen LogP contribution in [0.15, 0.2) is 60.7 Å². The lowest BCUT2D eigenvalue weighted by Gasteiger charge is -2.37. The molecule has 0 saturated carbocycles. The molecule has 0 radical (unpaired) electrons. The molecule has 0 aromatic heterocycles. The minimum Gasteiger partial charge on any atom is -0.495 e. The van der Waals surface area contributed by atoms with Gasteiger partial charge in [-0.15, -0.1) is 0 Å². The van der Waals surface area contributed by atoms with Gasteiger partial charge in [0.2, 0.25) is 5.54 Å². The van der Waals surface area contributed by atoms with E-state index in [2.05, 4.69) is 5.32 Å². The number of rotatable bonds is 6. The van der Waals surface area contributed by atoms with E-state index in [0.29, 0.717) is 22.7 Å².